The number of nitrogens with zero attached hydrogens (tertiary/aromatic N) is 7. The average Bonchev–Trinajstić information content (AvgIpc) is 3.32. The Hall–Kier alpha value is -3.58. The first-order valence-corrected chi connectivity index (χ1v) is 10.7. The predicted molar refractivity (Wildman–Crippen MR) is 114 cm³/mol. The lowest BCUT2D eigenvalue weighted by atomic mass is 9.84. The molecule has 1 aliphatic rings. The lowest BCUT2D eigenvalue weighted by Crippen LogP contribution is -2.31. The molecule has 9 nitrogen and oxygen atoms in total. The first-order chi connectivity index (χ1) is 15.6. The second kappa shape index (κ2) is 8.16. The largest absolute Gasteiger partial charge is 0.395 e. The van der Waals surface area contributed by atoms with Gasteiger partial charge in [-0.15, -0.1) is 0 Å². The third-order valence-electron chi connectivity index (χ3n) is 6.23. The second-order valence-corrected chi connectivity index (χ2v) is 8.20. The minimum absolute atomic E-state index is 0.0839. The number of hydrogen-bond donors (Lipinski definition) is 1. The number of aliphatic hydroxyl groups is 1. The molecule has 0 bridgehead atoms. The number of halogens is 1. The zero-order valence-electron chi connectivity index (χ0n) is 17.4. The fourth-order valence-electron chi connectivity index (χ4n) is 4.76. The molecule has 4 heterocycles. The van der Waals surface area contributed by atoms with Crippen LogP contribution in [0.5, 0.6) is 0 Å². The van der Waals surface area contributed by atoms with Crippen LogP contribution in [0.1, 0.15) is 38.1 Å². The maximum atomic E-state index is 13.8. The summed E-state index contributed by atoms with van der Waals surface area (Å²) in [6.45, 7) is -0.0464. The van der Waals surface area contributed by atoms with E-state index in [1.165, 1.54) is 16.8 Å². The van der Waals surface area contributed by atoms with Gasteiger partial charge in [-0.25, -0.2) is 24.1 Å². The van der Waals surface area contributed by atoms with Gasteiger partial charge in [0.05, 0.1) is 31.6 Å². The molecular formula is C22H22FN7O2. The number of aromatic nitrogens is 6. The van der Waals surface area contributed by atoms with Crippen molar-refractivity contribution in [3.05, 3.63) is 47.0 Å². The number of pyridine rings is 1. The van der Waals surface area contributed by atoms with Crippen molar-refractivity contribution in [3.63, 3.8) is 0 Å². The van der Waals surface area contributed by atoms with Gasteiger partial charge in [0.15, 0.2) is 11.5 Å². The zero-order chi connectivity index (χ0) is 22.2. The summed E-state index contributed by atoms with van der Waals surface area (Å²) in [5, 5.41) is 18.6. The van der Waals surface area contributed by atoms with Crippen molar-refractivity contribution in [2.45, 2.75) is 44.7 Å². The monoisotopic (exact) mass is 435 g/mol. The van der Waals surface area contributed by atoms with E-state index >= 15 is 0 Å². The van der Waals surface area contributed by atoms with E-state index < -0.39 is 5.82 Å². The van der Waals surface area contributed by atoms with Gasteiger partial charge in [-0.3, -0.25) is 13.5 Å². The molecule has 32 heavy (non-hydrogen) atoms. The Bertz CT molecular complexity index is 1400. The van der Waals surface area contributed by atoms with Crippen LogP contribution in [0, 0.1) is 23.1 Å². The molecule has 0 aromatic carbocycles. The van der Waals surface area contributed by atoms with Crippen LogP contribution in [0.25, 0.3) is 28.3 Å². The van der Waals surface area contributed by atoms with Gasteiger partial charge in [-0.2, -0.15) is 5.26 Å². The SMILES string of the molecule is N#CCC1CCCC(n2c(=O)n(CCO)c3cnc(-c4cnc5ccc(F)cn45)nc32)C1. The Morgan fingerprint density at radius 2 is 2.12 bits per heavy atom. The maximum Gasteiger partial charge on any atom is 0.330 e. The summed E-state index contributed by atoms with van der Waals surface area (Å²) in [5.41, 5.74) is 1.85. The highest BCUT2D eigenvalue weighted by atomic mass is 19.1. The lowest BCUT2D eigenvalue weighted by molar-refractivity contribution is 0.260. The van der Waals surface area contributed by atoms with Gasteiger partial charge in [-0.1, -0.05) is 6.42 Å². The van der Waals surface area contributed by atoms with Crippen LogP contribution in [0.3, 0.4) is 0 Å². The summed E-state index contributed by atoms with van der Waals surface area (Å²) in [6.07, 6.45) is 8.39. The molecule has 4 aromatic rings. The Morgan fingerprint density at radius 1 is 1.25 bits per heavy atom. The molecule has 5 rings (SSSR count). The summed E-state index contributed by atoms with van der Waals surface area (Å²) in [5.74, 6) is 0.161. The molecule has 0 saturated heterocycles. The Morgan fingerprint density at radius 3 is 2.94 bits per heavy atom. The molecule has 1 fully saturated rings. The molecule has 0 radical (unpaired) electrons. The third kappa shape index (κ3) is 3.35. The van der Waals surface area contributed by atoms with Crippen molar-refractivity contribution in [2.75, 3.05) is 6.61 Å². The van der Waals surface area contributed by atoms with Crippen molar-refractivity contribution in [1.29, 1.82) is 5.26 Å². The molecule has 0 amide bonds. The predicted octanol–water partition coefficient (Wildman–Crippen LogP) is 2.68. The molecule has 2 atom stereocenters. The zero-order valence-corrected chi connectivity index (χ0v) is 17.4. The number of hydrogen-bond acceptors (Lipinski definition) is 6. The van der Waals surface area contributed by atoms with Crippen LogP contribution in [0.2, 0.25) is 0 Å². The van der Waals surface area contributed by atoms with Crippen molar-refractivity contribution in [2.24, 2.45) is 5.92 Å². The van der Waals surface area contributed by atoms with Gasteiger partial charge in [-0.05, 0) is 37.3 Å². The summed E-state index contributed by atoms with van der Waals surface area (Å²) < 4.78 is 18.6. The smallest absolute Gasteiger partial charge is 0.330 e. The van der Waals surface area contributed by atoms with Crippen LogP contribution >= 0.6 is 0 Å². The number of fused-ring (bicyclic) bond motifs is 2. The van der Waals surface area contributed by atoms with E-state index in [0.717, 1.165) is 25.7 Å². The molecule has 2 unspecified atom stereocenters. The number of aliphatic hydroxyl groups excluding tert-OH is 1. The molecule has 1 saturated carbocycles. The molecule has 1 N–H and O–H groups in total. The Kier molecular flexibility index (Phi) is 5.19. The molecule has 4 aromatic heterocycles. The number of rotatable bonds is 5. The number of nitriles is 1. The molecule has 0 spiro atoms. The van der Waals surface area contributed by atoms with Crippen LogP contribution < -0.4 is 5.69 Å². The average molecular weight is 435 g/mol. The summed E-state index contributed by atoms with van der Waals surface area (Å²) in [6, 6.07) is 5.07. The normalized spacial score (nSPS) is 18.9. The molecular weight excluding hydrogens is 413 g/mol. The van der Waals surface area contributed by atoms with Crippen LogP contribution in [-0.4, -0.2) is 40.2 Å². The van der Waals surface area contributed by atoms with E-state index in [-0.39, 0.29) is 30.8 Å². The first-order valence-electron chi connectivity index (χ1n) is 10.7. The van der Waals surface area contributed by atoms with E-state index in [4.69, 9.17) is 10.2 Å². The minimum atomic E-state index is -0.408. The van der Waals surface area contributed by atoms with Crippen molar-refractivity contribution < 1.29 is 9.50 Å². The standard InChI is InChI=1S/C22H22FN7O2/c23-15-4-5-19-25-11-17(29(19)13-15)20-26-12-18-21(27-20)30(22(32)28(18)8-9-31)16-3-1-2-14(10-16)6-7-24/h4-5,11-14,16,31H,1-3,6,8-10H2. The van der Waals surface area contributed by atoms with Gasteiger partial charge in [0, 0.05) is 18.7 Å². The minimum Gasteiger partial charge on any atom is -0.395 e. The second-order valence-electron chi connectivity index (χ2n) is 8.20. The highest BCUT2D eigenvalue weighted by Crippen LogP contribution is 2.35. The molecule has 164 valence electrons. The summed E-state index contributed by atoms with van der Waals surface area (Å²) in [7, 11) is 0. The van der Waals surface area contributed by atoms with Crippen molar-refractivity contribution >= 4 is 16.8 Å². The van der Waals surface area contributed by atoms with Crippen LogP contribution in [-0.2, 0) is 6.54 Å². The number of imidazole rings is 2. The van der Waals surface area contributed by atoms with Crippen LogP contribution in [0.4, 0.5) is 4.39 Å². The first kappa shape index (κ1) is 20.3. The van der Waals surface area contributed by atoms with E-state index in [0.29, 0.717) is 34.8 Å². The van der Waals surface area contributed by atoms with Gasteiger partial charge >= 0.3 is 5.69 Å². The van der Waals surface area contributed by atoms with Gasteiger partial charge in [0.25, 0.3) is 0 Å². The topological polar surface area (TPSA) is 114 Å². The molecule has 0 aliphatic heterocycles. The quantitative estimate of drug-likeness (QED) is 0.516. The van der Waals surface area contributed by atoms with Crippen LogP contribution in [0.15, 0.2) is 35.5 Å². The maximum absolute atomic E-state index is 13.8. The van der Waals surface area contributed by atoms with E-state index in [9.17, 15) is 14.3 Å². The van der Waals surface area contributed by atoms with Crippen molar-refractivity contribution in [3.8, 4) is 17.6 Å². The summed E-state index contributed by atoms with van der Waals surface area (Å²) >= 11 is 0. The Labute approximate surface area is 182 Å². The highest BCUT2D eigenvalue weighted by molar-refractivity contribution is 5.73. The van der Waals surface area contributed by atoms with E-state index in [1.807, 2.05) is 0 Å². The van der Waals surface area contributed by atoms with Gasteiger partial charge in [0.2, 0.25) is 0 Å². The van der Waals surface area contributed by atoms with E-state index in [2.05, 4.69) is 16.0 Å². The highest BCUT2D eigenvalue weighted by Gasteiger charge is 2.28. The third-order valence-corrected chi connectivity index (χ3v) is 6.23. The molecule has 1 aliphatic carbocycles. The Balaban J connectivity index is 1.67. The van der Waals surface area contributed by atoms with Gasteiger partial charge < -0.3 is 5.11 Å². The van der Waals surface area contributed by atoms with Crippen molar-refractivity contribution in [1.82, 2.24) is 28.5 Å². The molecule has 10 heteroatoms. The fraction of sp³-hybridized carbons (Fsp3) is 0.409. The lowest BCUT2D eigenvalue weighted by Gasteiger charge is -2.28. The van der Waals surface area contributed by atoms with E-state index in [1.54, 1.807) is 27.4 Å². The van der Waals surface area contributed by atoms with Gasteiger partial charge in [0.1, 0.15) is 22.7 Å². The fourth-order valence-corrected chi connectivity index (χ4v) is 4.76. The summed E-state index contributed by atoms with van der Waals surface area (Å²) in [4.78, 5) is 26.7.